The van der Waals surface area contributed by atoms with E-state index >= 15 is 0 Å². The summed E-state index contributed by atoms with van der Waals surface area (Å²) in [6.45, 7) is 0.564. The minimum absolute atomic E-state index is 0.00165. The molecule has 7 nitrogen and oxygen atoms in total. The molecule has 2 aromatic carbocycles. The van der Waals surface area contributed by atoms with Crippen molar-refractivity contribution < 1.29 is 14.3 Å². The van der Waals surface area contributed by atoms with Crippen molar-refractivity contribution in [2.45, 2.75) is 19.5 Å². The Hall–Kier alpha value is -3.78. The maximum Gasteiger partial charge on any atom is 0.312 e. The highest BCUT2D eigenvalue weighted by Gasteiger charge is 2.11. The van der Waals surface area contributed by atoms with Crippen LogP contribution in [0.1, 0.15) is 22.3 Å². The normalized spacial score (nSPS) is 10.7. The van der Waals surface area contributed by atoms with Gasteiger partial charge >= 0.3 is 5.97 Å². The van der Waals surface area contributed by atoms with Crippen LogP contribution in [0.5, 0.6) is 5.75 Å². The van der Waals surface area contributed by atoms with E-state index in [4.69, 9.17) is 4.74 Å². The Balaban J connectivity index is 1.34. The zero-order valence-corrected chi connectivity index (χ0v) is 17.3. The molecule has 0 radical (unpaired) electrons. The van der Waals surface area contributed by atoms with Crippen LogP contribution in [-0.2, 0) is 17.9 Å². The molecule has 1 amide bonds. The highest BCUT2D eigenvalue weighted by atomic mass is 32.1. The molecule has 0 atom stereocenters. The van der Waals surface area contributed by atoms with Crippen LogP contribution in [0.3, 0.4) is 0 Å². The van der Waals surface area contributed by atoms with Gasteiger partial charge in [0, 0.05) is 18.7 Å². The van der Waals surface area contributed by atoms with Crippen molar-refractivity contribution in [3.05, 3.63) is 93.9 Å². The van der Waals surface area contributed by atoms with Gasteiger partial charge in [-0.2, -0.15) is 0 Å². The summed E-state index contributed by atoms with van der Waals surface area (Å²) in [6.07, 6.45) is 1.44. The molecule has 156 valence electrons. The molecule has 2 heterocycles. The Labute approximate surface area is 181 Å². The Morgan fingerprint density at radius 3 is 2.74 bits per heavy atom. The molecule has 2 aromatic heterocycles. The molecule has 31 heavy (non-hydrogen) atoms. The SMILES string of the molecule is O=C(CCn1cnc2sccc2c1=O)Oc1cccc(C(=O)NCc2ccccc2)c1. The van der Waals surface area contributed by atoms with Crippen LogP contribution < -0.4 is 15.6 Å². The van der Waals surface area contributed by atoms with Crippen LogP contribution in [0.4, 0.5) is 0 Å². The fraction of sp³-hybridized carbons (Fsp3) is 0.130. The first-order chi connectivity index (χ1) is 15.1. The molecular formula is C23H19N3O4S. The molecule has 0 saturated heterocycles. The van der Waals surface area contributed by atoms with Crippen LogP contribution in [0, 0.1) is 0 Å². The van der Waals surface area contributed by atoms with Crippen molar-refractivity contribution in [2.24, 2.45) is 0 Å². The van der Waals surface area contributed by atoms with Crippen molar-refractivity contribution in [3.8, 4) is 5.75 Å². The van der Waals surface area contributed by atoms with Gasteiger partial charge in [-0.25, -0.2) is 4.98 Å². The Morgan fingerprint density at radius 2 is 1.90 bits per heavy atom. The van der Waals surface area contributed by atoms with Crippen molar-refractivity contribution in [3.63, 3.8) is 0 Å². The lowest BCUT2D eigenvalue weighted by Crippen LogP contribution is -2.23. The second-order valence-electron chi connectivity index (χ2n) is 6.80. The molecule has 1 N–H and O–H groups in total. The minimum Gasteiger partial charge on any atom is -0.426 e. The van der Waals surface area contributed by atoms with Gasteiger partial charge in [0.25, 0.3) is 11.5 Å². The van der Waals surface area contributed by atoms with Gasteiger partial charge in [-0.05, 0) is 35.2 Å². The lowest BCUT2D eigenvalue weighted by Gasteiger charge is -2.09. The fourth-order valence-electron chi connectivity index (χ4n) is 3.03. The number of esters is 1. The number of hydrogen-bond donors (Lipinski definition) is 1. The minimum atomic E-state index is -0.501. The smallest absolute Gasteiger partial charge is 0.312 e. The molecular weight excluding hydrogens is 414 g/mol. The summed E-state index contributed by atoms with van der Waals surface area (Å²) in [5.74, 6) is -0.487. The predicted octanol–water partition coefficient (Wildman–Crippen LogP) is 3.38. The van der Waals surface area contributed by atoms with Gasteiger partial charge in [-0.1, -0.05) is 36.4 Å². The topological polar surface area (TPSA) is 90.3 Å². The molecule has 0 bridgehead atoms. The highest BCUT2D eigenvalue weighted by Crippen LogP contribution is 2.15. The van der Waals surface area contributed by atoms with Crippen LogP contribution in [0.2, 0.25) is 0 Å². The van der Waals surface area contributed by atoms with Gasteiger partial charge in [0.05, 0.1) is 18.1 Å². The summed E-state index contributed by atoms with van der Waals surface area (Å²) >= 11 is 1.39. The number of rotatable bonds is 7. The van der Waals surface area contributed by atoms with Gasteiger partial charge in [0.1, 0.15) is 10.6 Å². The van der Waals surface area contributed by atoms with Gasteiger partial charge in [0.2, 0.25) is 0 Å². The quantitative estimate of drug-likeness (QED) is 0.356. The van der Waals surface area contributed by atoms with E-state index in [1.54, 1.807) is 29.6 Å². The van der Waals surface area contributed by atoms with Crippen molar-refractivity contribution >= 4 is 33.4 Å². The number of hydrogen-bond acceptors (Lipinski definition) is 6. The van der Waals surface area contributed by atoms with Crippen molar-refractivity contribution in [2.75, 3.05) is 0 Å². The zero-order chi connectivity index (χ0) is 21.6. The maximum atomic E-state index is 12.4. The molecule has 0 aliphatic carbocycles. The number of nitrogens with one attached hydrogen (secondary N) is 1. The van der Waals surface area contributed by atoms with E-state index in [1.165, 1.54) is 28.3 Å². The Kier molecular flexibility index (Phi) is 6.18. The van der Waals surface area contributed by atoms with Crippen molar-refractivity contribution in [1.29, 1.82) is 0 Å². The molecule has 4 aromatic rings. The first kappa shape index (κ1) is 20.5. The Bertz CT molecular complexity index is 1280. The maximum absolute atomic E-state index is 12.4. The van der Waals surface area contributed by atoms with E-state index in [9.17, 15) is 14.4 Å². The fourth-order valence-corrected chi connectivity index (χ4v) is 3.75. The largest absolute Gasteiger partial charge is 0.426 e. The predicted molar refractivity (Wildman–Crippen MR) is 118 cm³/mol. The second-order valence-corrected chi connectivity index (χ2v) is 7.70. The third-order valence-electron chi connectivity index (χ3n) is 4.63. The second kappa shape index (κ2) is 9.36. The number of amides is 1. The highest BCUT2D eigenvalue weighted by molar-refractivity contribution is 7.16. The van der Waals surface area contributed by atoms with Crippen LogP contribution >= 0.6 is 11.3 Å². The third kappa shape index (κ3) is 5.04. The molecule has 0 aliphatic rings. The lowest BCUT2D eigenvalue weighted by molar-refractivity contribution is -0.134. The monoisotopic (exact) mass is 433 g/mol. The molecule has 0 aliphatic heterocycles. The molecule has 0 unspecified atom stereocenters. The number of aromatic nitrogens is 2. The zero-order valence-electron chi connectivity index (χ0n) is 16.5. The number of aryl methyl sites for hydroxylation is 1. The lowest BCUT2D eigenvalue weighted by atomic mass is 10.2. The van der Waals surface area contributed by atoms with E-state index in [2.05, 4.69) is 10.3 Å². The summed E-state index contributed by atoms with van der Waals surface area (Å²) in [5.41, 5.74) is 1.20. The summed E-state index contributed by atoms with van der Waals surface area (Å²) in [4.78, 5) is 41.9. The average Bonchev–Trinajstić information content (AvgIpc) is 3.28. The average molecular weight is 433 g/mol. The van der Waals surface area contributed by atoms with Crippen LogP contribution in [0.15, 0.2) is 77.2 Å². The molecule has 8 heteroatoms. The first-order valence-electron chi connectivity index (χ1n) is 9.66. The number of fused-ring (bicyclic) bond motifs is 1. The van der Waals surface area contributed by atoms with Crippen LogP contribution in [0.25, 0.3) is 10.2 Å². The number of thiophene rings is 1. The summed E-state index contributed by atoms with van der Waals surface area (Å²) < 4.78 is 6.74. The van der Waals surface area contributed by atoms with E-state index in [0.29, 0.717) is 22.3 Å². The first-order valence-corrected chi connectivity index (χ1v) is 10.5. The standard InChI is InChI=1S/C23H19N3O4S/c27-20(9-11-26-15-25-22-19(23(26)29)10-12-31-22)30-18-8-4-7-17(13-18)21(28)24-14-16-5-2-1-3-6-16/h1-8,10,12-13,15H,9,11,14H2,(H,24,28). The van der Waals surface area contributed by atoms with E-state index in [-0.39, 0.29) is 30.2 Å². The summed E-state index contributed by atoms with van der Waals surface area (Å²) in [5, 5.41) is 5.18. The molecule has 0 fully saturated rings. The Morgan fingerprint density at radius 1 is 1.06 bits per heavy atom. The van der Waals surface area contributed by atoms with Gasteiger partial charge < -0.3 is 10.1 Å². The number of carbonyl (C=O) groups is 2. The number of ether oxygens (including phenoxy) is 1. The van der Waals surface area contributed by atoms with Gasteiger partial charge in [0.15, 0.2) is 0 Å². The van der Waals surface area contributed by atoms with Crippen molar-refractivity contribution in [1.82, 2.24) is 14.9 Å². The van der Waals surface area contributed by atoms with E-state index in [0.717, 1.165) is 5.56 Å². The molecule has 0 saturated carbocycles. The van der Waals surface area contributed by atoms with Crippen LogP contribution in [-0.4, -0.2) is 21.4 Å². The van der Waals surface area contributed by atoms with E-state index in [1.807, 2.05) is 30.3 Å². The van der Waals surface area contributed by atoms with Gasteiger partial charge in [-0.15, -0.1) is 11.3 Å². The molecule has 0 spiro atoms. The van der Waals surface area contributed by atoms with E-state index < -0.39 is 5.97 Å². The number of benzene rings is 2. The number of nitrogens with zero attached hydrogens (tertiary/aromatic N) is 2. The third-order valence-corrected chi connectivity index (χ3v) is 5.45. The van der Waals surface area contributed by atoms with Gasteiger partial charge in [-0.3, -0.25) is 19.0 Å². The molecule has 4 rings (SSSR count). The number of carbonyl (C=O) groups excluding carboxylic acids is 2. The summed E-state index contributed by atoms with van der Waals surface area (Å²) in [6, 6.07) is 17.7. The summed E-state index contributed by atoms with van der Waals surface area (Å²) in [7, 11) is 0.